The first-order chi connectivity index (χ1) is 8.54. The zero-order valence-electron chi connectivity index (χ0n) is 10.2. The Morgan fingerprint density at radius 3 is 2.78 bits per heavy atom. The molecule has 2 unspecified atom stereocenters. The van der Waals surface area contributed by atoms with E-state index in [1.54, 1.807) is 0 Å². The second-order valence-electron chi connectivity index (χ2n) is 4.69. The first kappa shape index (κ1) is 13.2. The number of benzene rings is 1. The fourth-order valence-corrected chi connectivity index (χ4v) is 2.32. The van der Waals surface area contributed by atoms with Gasteiger partial charge in [0, 0.05) is 11.6 Å². The number of hydrogen-bond acceptors (Lipinski definition) is 2. The van der Waals surface area contributed by atoms with E-state index < -0.39 is 11.6 Å². The Morgan fingerprint density at radius 1 is 1.44 bits per heavy atom. The van der Waals surface area contributed by atoms with E-state index in [0.29, 0.717) is 5.92 Å². The van der Waals surface area contributed by atoms with E-state index in [1.165, 1.54) is 12.1 Å². The third-order valence-corrected chi connectivity index (χ3v) is 3.49. The SMILES string of the molecule is CCCC1CC1Nc1ccc(C(N)=S)c(F)c1F. The maximum Gasteiger partial charge on any atom is 0.182 e. The van der Waals surface area contributed by atoms with Crippen molar-refractivity contribution in [1.82, 2.24) is 0 Å². The van der Waals surface area contributed by atoms with Crippen LogP contribution in [0.25, 0.3) is 0 Å². The van der Waals surface area contributed by atoms with E-state index in [2.05, 4.69) is 24.5 Å². The van der Waals surface area contributed by atoms with E-state index >= 15 is 0 Å². The molecule has 1 aromatic carbocycles. The Kier molecular flexibility index (Phi) is 3.80. The molecule has 0 aliphatic heterocycles. The molecular formula is C13H16F2N2S. The van der Waals surface area contributed by atoms with Gasteiger partial charge in [-0.1, -0.05) is 25.6 Å². The molecule has 1 saturated carbocycles. The van der Waals surface area contributed by atoms with E-state index in [0.717, 1.165) is 19.3 Å². The summed E-state index contributed by atoms with van der Waals surface area (Å²) in [6, 6.07) is 3.17. The number of nitrogens with two attached hydrogens (primary N) is 1. The van der Waals surface area contributed by atoms with Crippen molar-refractivity contribution in [3.63, 3.8) is 0 Å². The normalized spacial score (nSPS) is 21.7. The van der Waals surface area contributed by atoms with Crippen LogP contribution in [0.4, 0.5) is 14.5 Å². The molecule has 18 heavy (non-hydrogen) atoms. The molecule has 0 heterocycles. The van der Waals surface area contributed by atoms with Gasteiger partial charge < -0.3 is 11.1 Å². The fraction of sp³-hybridized carbons (Fsp3) is 0.462. The molecule has 3 N–H and O–H groups in total. The van der Waals surface area contributed by atoms with Crippen molar-refractivity contribution in [3.8, 4) is 0 Å². The number of halogens is 2. The summed E-state index contributed by atoms with van der Waals surface area (Å²) in [5.41, 5.74) is 5.46. The third-order valence-electron chi connectivity index (χ3n) is 3.27. The molecule has 1 aliphatic carbocycles. The lowest BCUT2D eigenvalue weighted by molar-refractivity contribution is 0.509. The summed E-state index contributed by atoms with van der Waals surface area (Å²) in [5.74, 6) is -1.30. The largest absolute Gasteiger partial charge is 0.389 e. The van der Waals surface area contributed by atoms with Crippen molar-refractivity contribution in [2.45, 2.75) is 32.2 Å². The molecule has 1 aromatic rings. The summed E-state index contributed by atoms with van der Waals surface area (Å²) in [4.78, 5) is -0.131. The van der Waals surface area contributed by atoms with Crippen LogP contribution < -0.4 is 11.1 Å². The van der Waals surface area contributed by atoms with E-state index in [-0.39, 0.29) is 22.3 Å². The minimum atomic E-state index is -0.972. The van der Waals surface area contributed by atoms with E-state index in [9.17, 15) is 8.78 Å². The third kappa shape index (κ3) is 2.61. The van der Waals surface area contributed by atoms with Gasteiger partial charge in [0.1, 0.15) is 4.99 Å². The van der Waals surface area contributed by atoms with E-state index in [1.807, 2.05) is 0 Å². The Labute approximate surface area is 111 Å². The van der Waals surface area contributed by atoms with Gasteiger partial charge in [0.2, 0.25) is 0 Å². The van der Waals surface area contributed by atoms with Gasteiger partial charge in [0.05, 0.1) is 5.69 Å². The molecule has 2 atom stereocenters. The Bertz CT molecular complexity index is 476. The van der Waals surface area contributed by atoms with Gasteiger partial charge in [-0.05, 0) is 30.9 Å². The zero-order valence-corrected chi connectivity index (χ0v) is 11.0. The van der Waals surface area contributed by atoms with Crippen molar-refractivity contribution in [3.05, 3.63) is 29.3 Å². The van der Waals surface area contributed by atoms with Crippen molar-refractivity contribution >= 4 is 22.9 Å². The summed E-state index contributed by atoms with van der Waals surface area (Å²) < 4.78 is 27.4. The molecule has 0 saturated heterocycles. The lowest BCUT2D eigenvalue weighted by Gasteiger charge is -2.10. The lowest BCUT2D eigenvalue weighted by atomic mass is 10.1. The first-order valence-electron chi connectivity index (χ1n) is 6.09. The van der Waals surface area contributed by atoms with Crippen LogP contribution in [0.3, 0.4) is 0 Å². The maximum absolute atomic E-state index is 13.8. The number of rotatable bonds is 5. The van der Waals surface area contributed by atoms with Crippen molar-refractivity contribution in [2.24, 2.45) is 11.7 Å². The van der Waals surface area contributed by atoms with Gasteiger partial charge in [-0.15, -0.1) is 0 Å². The molecular weight excluding hydrogens is 254 g/mol. The van der Waals surface area contributed by atoms with Crippen LogP contribution >= 0.6 is 12.2 Å². The Morgan fingerprint density at radius 2 is 2.17 bits per heavy atom. The molecule has 5 heteroatoms. The summed E-state index contributed by atoms with van der Waals surface area (Å²) in [5, 5.41) is 3.03. The van der Waals surface area contributed by atoms with Crippen LogP contribution in [0.5, 0.6) is 0 Å². The predicted octanol–water partition coefficient (Wildman–Crippen LogP) is 3.20. The van der Waals surface area contributed by atoms with Crippen LogP contribution in [-0.2, 0) is 0 Å². The minimum absolute atomic E-state index is 0.0473. The Hall–Kier alpha value is -1.23. The standard InChI is InChI=1S/C13H16F2N2S/c1-2-3-7-6-10(7)17-9-5-4-8(13(16)18)11(14)12(9)15/h4-5,7,10,17H,2-3,6H2,1H3,(H2,16,18). The molecule has 98 valence electrons. The van der Waals surface area contributed by atoms with Gasteiger partial charge in [-0.3, -0.25) is 0 Å². The van der Waals surface area contributed by atoms with Crippen LogP contribution in [0, 0.1) is 17.6 Å². The molecule has 1 aliphatic rings. The first-order valence-corrected chi connectivity index (χ1v) is 6.49. The number of nitrogens with one attached hydrogen (secondary N) is 1. The summed E-state index contributed by atoms with van der Waals surface area (Å²) >= 11 is 4.66. The van der Waals surface area contributed by atoms with Gasteiger partial charge in [0.25, 0.3) is 0 Å². The van der Waals surface area contributed by atoms with Crippen molar-refractivity contribution in [1.29, 1.82) is 0 Å². The summed E-state index contributed by atoms with van der Waals surface area (Å²) in [6.07, 6.45) is 3.25. The molecule has 1 fully saturated rings. The molecule has 0 aromatic heterocycles. The van der Waals surface area contributed by atoms with E-state index in [4.69, 9.17) is 5.73 Å². The second-order valence-corrected chi connectivity index (χ2v) is 5.13. The highest BCUT2D eigenvalue weighted by Gasteiger charge is 2.36. The zero-order chi connectivity index (χ0) is 13.3. The monoisotopic (exact) mass is 270 g/mol. The van der Waals surface area contributed by atoms with Crippen LogP contribution in [-0.4, -0.2) is 11.0 Å². The van der Waals surface area contributed by atoms with Gasteiger partial charge >= 0.3 is 0 Å². The second kappa shape index (κ2) is 5.18. The molecule has 2 nitrogen and oxygen atoms in total. The molecule has 0 spiro atoms. The smallest absolute Gasteiger partial charge is 0.182 e. The molecule has 0 amide bonds. The quantitative estimate of drug-likeness (QED) is 0.807. The number of anilines is 1. The molecule has 2 rings (SSSR count). The predicted molar refractivity (Wildman–Crippen MR) is 72.7 cm³/mol. The van der Waals surface area contributed by atoms with Crippen LogP contribution in [0.15, 0.2) is 12.1 Å². The average Bonchev–Trinajstić information content (AvgIpc) is 3.03. The average molecular weight is 270 g/mol. The minimum Gasteiger partial charge on any atom is -0.389 e. The van der Waals surface area contributed by atoms with Crippen LogP contribution in [0.1, 0.15) is 31.7 Å². The molecule has 0 bridgehead atoms. The number of hydrogen-bond donors (Lipinski definition) is 2. The van der Waals surface area contributed by atoms with Crippen molar-refractivity contribution in [2.75, 3.05) is 5.32 Å². The lowest BCUT2D eigenvalue weighted by Crippen LogP contribution is -2.14. The van der Waals surface area contributed by atoms with Gasteiger partial charge in [-0.2, -0.15) is 0 Å². The fourth-order valence-electron chi connectivity index (χ4n) is 2.17. The summed E-state index contributed by atoms with van der Waals surface area (Å²) in [7, 11) is 0. The highest BCUT2D eigenvalue weighted by molar-refractivity contribution is 7.80. The molecule has 0 radical (unpaired) electrons. The topological polar surface area (TPSA) is 38.0 Å². The van der Waals surface area contributed by atoms with Gasteiger partial charge in [-0.25, -0.2) is 8.78 Å². The highest BCUT2D eigenvalue weighted by atomic mass is 32.1. The highest BCUT2D eigenvalue weighted by Crippen LogP contribution is 2.38. The van der Waals surface area contributed by atoms with Gasteiger partial charge in [0.15, 0.2) is 11.6 Å². The Balaban J connectivity index is 2.11. The summed E-state index contributed by atoms with van der Waals surface area (Å²) in [6.45, 7) is 2.12. The maximum atomic E-state index is 13.8. The number of thiocarbonyl (C=S) groups is 1. The van der Waals surface area contributed by atoms with Crippen molar-refractivity contribution < 1.29 is 8.78 Å². The van der Waals surface area contributed by atoms with Crippen LogP contribution in [0.2, 0.25) is 0 Å².